The van der Waals surface area contributed by atoms with Gasteiger partial charge in [0.05, 0.1) is 19.1 Å². The Morgan fingerprint density at radius 3 is 2.46 bits per heavy atom. The average molecular weight is 441 g/mol. The first-order chi connectivity index (χ1) is 12.3. The number of anilines is 2. The van der Waals surface area contributed by atoms with Crippen molar-refractivity contribution in [2.75, 3.05) is 29.5 Å². The zero-order valence-electron chi connectivity index (χ0n) is 14.6. The van der Waals surface area contributed by atoms with Gasteiger partial charge in [-0.15, -0.1) is 0 Å². The van der Waals surface area contributed by atoms with Crippen molar-refractivity contribution in [3.05, 3.63) is 53.0 Å². The van der Waals surface area contributed by atoms with E-state index >= 15 is 0 Å². The molecule has 0 atom stereocenters. The molecule has 140 valence electrons. The molecule has 0 unspecified atom stereocenters. The van der Waals surface area contributed by atoms with Gasteiger partial charge in [0, 0.05) is 23.1 Å². The molecule has 0 fully saturated rings. The van der Waals surface area contributed by atoms with Gasteiger partial charge in [-0.3, -0.25) is 9.10 Å². The maximum absolute atomic E-state index is 12.1. The van der Waals surface area contributed by atoms with E-state index in [4.69, 9.17) is 4.74 Å². The molecule has 2 aromatic rings. The topological polar surface area (TPSA) is 75.7 Å². The fourth-order valence-electron chi connectivity index (χ4n) is 2.41. The van der Waals surface area contributed by atoms with Gasteiger partial charge in [0.1, 0.15) is 5.75 Å². The largest absolute Gasteiger partial charge is 0.497 e. The lowest BCUT2D eigenvalue weighted by molar-refractivity contribution is -0.116. The lowest BCUT2D eigenvalue weighted by Gasteiger charge is -2.22. The van der Waals surface area contributed by atoms with E-state index in [1.807, 2.05) is 12.1 Å². The molecule has 0 aromatic heterocycles. The first kappa shape index (κ1) is 20.3. The van der Waals surface area contributed by atoms with E-state index in [1.54, 1.807) is 43.5 Å². The monoisotopic (exact) mass is 440 g/mol. The Morgan fingerprint density at radius 1 is 1.19 bits per heavy atom. The van der Waals surface area contributed by atoms with E-state index in [0.29, 0.717) is 23.5 Å². The SMILES string of the molecule is COc1ccc(N(CCCC(=O)Nc2cccc(Br)c2)S(C)(=O)=O)cc1. The normalized spacial score (nSPS) is 11.0. The summed E-state index contributed by atoms with van der Waals surface area (Å²) in [6, 6.07) is 14.1. The smallest absolute Gasteiger partial charge is 0.232 e. The lowest BCUT2D eigenvalue weighted by atomic mass is 10.2. The van der Waals surface area contributed by atoms with Crippen LogP contribution < -0.4 is 14.4 Å². The minimum atomic E-state index is -3.45. The highest BCUT2D eigenvalue weighted by atomic mass is 79.9. The summed E-state index contributed by atoms with van der Waals surface area (Å²) in [5.74, 6) is 0.488. The van der Waals surface area contributed by atoms with Crippen LogP contribution in [-0.4, -0.2) is 34.2 Å². The molecule has 0 heterocycles. The quantitative estimate of drug-likeness (QED) is 0.679. The number of nitrogens with one attached hydrogen (secondary N) is 1. The van der Waals surface area contributed by atoms with E-state index < -0.39 is 10.0 Å². The van der Waals surface area contributed by atoms with Crippen molar-refractivity contribution in [1.29, 1.82) is 0 Å². The average Bonchev–Trinajstić information content (AvgIpc) is 2.58. The van der Waals surface area contributed by atoms with Crippen LogP contribution >= 0.6 is 15.9 Å². The molecule has 0 aliphatic carbocycles. The minimum Gasteiger partial charge on any atom is -0.497 e. The fraction of sp³-hybridized carbons (Fsp3) is 0.278. The van der Waals surface area contributed by atoms with Crippen molar-refractivity contribution < 1.29 is 17.9 Å². The Labute approximate surface area is 162 Å². The van der Waals surface area contributed by atoms with Gasteiger partial charge in [-0.25, -0.2) is 8.42 Å². The second kappa shape index (κ2) is 9.05. The first-order valence-electron chi connectivity index (χ1n) is 7.97. The van der Waals surface area contributed by atoms with Crippen molar-refractivity contribution in [2.45, 2.75) is 12.8 Å². The van der Waals surface area contributed by atoms with Crippen molar-refractivity contribution in [1.82, 2.24) is 0 Å². The summed E-state index contributed by atoms with van der Waals surface area (Å²) in [6.45, 7) is 0.219. The van der Waals surface area contributed by atoms with Crippen LogP contribution in [0.1, 0.15) is 12.8 Å². The molecule has 0 aliphatic heterocycles. The number of amides is 1. The number of rotatable bonds is 8. The highest BCUT2D eigenvalue weighted by molar-refractivity contribution is 9.10. The second-order valence-electron chi connectivity index (χ2n) is 5.70. The molecular formula is C18H21BrN2O4S. The number of hydrogen-bond acceptors (Lipinski definition) is 4. The number of sulfonamides is 1. The van der Waals surface area contributed by atoms with Crippen molar-refractivity contribution in [3.8, 4) is 5.75 Å². The number of ether oxygens (including phenoxy) is 1. The van der Waals surface area contributed by atoms with Gasteiger partial charge in [0.2, 0.25) is 15.9 Å². The molecule has 6 nitrogen and oxygen atoms in total. The maximum atomic E-state index is 12.1. The zero-order valence-corrected chi connectivity index (χ0v) is 17.0. The third-order valence-corrected chi connectivity index (χ3v) is 5.32. The van der Waals surface area contributed by atoms with Gasteiger partial charge in [-0.05, 0) is 48.9 Å². The van der Waals surface area contributed by atoms with Crippen molar-refractivity contribution in [2.24, 2.45) is 0 Å². The minimum absolute atomic E-state index is 0.161. The van der Waals surface area contributed by atoms with Crippen LogP contribution in [0.25, 0.3) is 0 Å². The number of carbonyl (C=O) groups is 1. The van der Waals surface area contributed by atoms with Gasteiger partial charge in [-0.2, -0.15) is 0 Å². The Balaban J connectivity index is 1.96. The number of hydrogen-bond donors (Lipinski definition) is 1. The maximum Gasteiger partial charge on any atom is 0.232 e. The van der Waals surface area contributed by atoms with Crippen LogP contribution in [0.3, 0.4) is 0 Å². The first-order valence-corrected chi connectivity index (χ1v) is 10.6. The fourth-order valence-corrected chi connectivity index (χ4v) is 3.77. The highest BCUT2D eigenvalue weighted by Gasteiger charge is 2.17. The van der Waals surface area contributed by atoms with Gasteiger partial charge in [-0.1, -0.05) is 22.0 Å². The van der Waals surface area contributed by atoms with Crippen LogP contribution in [0.4, 0.5) is 11.4 Å². The number of halogens is 1. The molecule has 0 aliphatic rings. The number of carbonyl (C=O) groups excluding carboxylic acids is 1. The summed E-state index contributed by atoms with van der Waals surface area (Å²) >= 11 is 3.35. The van der Waals surface area contributed by atoms with Crippen molar-refractivity contribution >= 4 is 43.2 Å². The number of nitrogens with zero attached hydrogens (tertiary/aromatic N) is 1. The van der Waals surface area contributed by atoms with Gasteiger partial charge < -0.3 is 10.1 Å². The van der Waals surface area contributed by atoms with E-state index in [9.17, 15) is 13.2 Å². The van der Waals surface area contributed by atoms with E-state index in [1.165, 1.54) is 4.31 Å². The van der Waals surface area contributed by atoms with Crippen LogP contribution in [0.2, 0.25) is 0 Å². The Hall–Kier alpha value is -2.06. The highest BCUT2D eigenvalue weighted by Crippen LogP contribution is 2.22. The predicted molar refractivity (Wildman–Crippen MR) is 107 cm³/mol. The standard InChI is InChI=1S/C18H21BrN2O4S/c1-25-17-10-8-16(9-11-17)21(26(2,23)24)12-4-7-18(22)20-15-6-3-5-14(19)13-15/h3,5-6,8-11,13H,4,7,12H2,1-2H3,(H,20,22). The molecule has 0 bridgehead atoms. The molecule has 0 spiro atoms. The molecule has 2 rings (SSSR count). The lowest BCUT2D eigenvalue weighted by Crippen LogP contribution is -2.31. The third-order valence-electron chi connectivity index (χ3n) is 3.63. The summed E-state index contributed by atoms with van der Waals surface area (Å²) in [6.07, 6.45) is 1.77. The molecule has 1 N–H and O–H groups in total. The van der Waals surface area contributed by atoms with Crippen LogP contribution in [0.15, 0.2) is 53.0 Å². The van der Waals surface area contributed by atoms with Crippen molar-refractivity contribution in [3.63, 3.8) is 0 Å². The molecule has 2 aromatic carbocycles. The van der Waals surface area contributed by atoms with E-state index in [-0.39, 0.29) is 18.9 Å². The third kappa shape index (κ3) is 6.03. The predicted octanol–water partition coefficient (Wildman–Crippen LogP) is 3.64. The molecule has 0 saturated carbocycles. The van der Waals surface area contributed by atoms with Crippen LogP contribution in [-0.2, 0) is 14.8 Å². The zero-order chi connectivity index (χ0) is 19.2. The van der Waals surface area contributed by atoms with Crippen LogP contribution in [0.5, 0.6) is 5.75 Å². The van der Waals surface area contributed by atoms with Gasteiger partial charge in [0.15, 0.2) is 0 Å². The second-order valence-corrected chi connectivity index (χ2v) is 8.52. The summed E-state index contributed by atoms with van der Waals surface area (Å²) in [7, 11) is -1.90. The molecule has 8 heteroatoms. The van der Waals surface area contributed by atoms with Gasteiger partial charge >= 0.3 is 0 Å². The summed E-state index contributed by atoms with van der Waals surface area (Å²) < 4.78 is 31.4. The molecule has 1 amide bonds. The van der Waals surface area contributed by atoms with Crippen LogP contribution in [0, 0.1) is 0 Å². The summed E-state index contributed by atoms with van der Waals surface area (Å²) in [4.78, 5) is 12.1. The van der Waals surface area contributed by atoms with E-state index in [2.05, 4.69) is 21.2 Å². The Kier molecular flexibility index (Phi) is 7.05. The molecule has 0 saturated heterocycles. The Morgan fingerprint density at radius 2 is 1.88 bits per heavy atom. The number of benzene rings is 2. The molecular weight excluding hydrogens is 420 g/mol. The molecule has 0 radical (unpaired) electrons. The van der Waals surface area contributed by atoms with Gasteiger partial charge in [0.25, 0.3) is 0 Å². The van der Waals surface area contributed by atoms with E-state index in [0.717, 1.165) is 10.7 Å². The number of methoxy groups -OCH3 is 1. The Bertz CT molecular complexity index is 854. The summed E-state index contributed by atoms with van der Waals surface area (Å²) in [5, 5.41) is 2.80. The summed E-state index contributed by atoms with van der Waals surface area (Å²) in [5.41, 5.74) is 1.24. The molecule has 26 heavy (non-hydrogen) atoms.